The van der Waals surface area contributed by atoms with E-state index >= 15 is 0 Å². The van der Waals surface area contributed by atoms with Crippen LogP contribution < -0.4 is 5.32 Å². The van der Waals surface area contributed by atoms with Gasteiger partial charge in [-0.2, -0.15) is 12.6 Å². The lowest BCUT2D eigenvalue weighted by molar-refractivity contribution is 0.818. The van der Waals surface area contributed by atoms with Crippen LogP contribution >= 0.6 is 12.6 Å². The molecule has 0 spiro atoms. The van der Waals surface area contributed by atoms with Crippen LogP contribution in [0, 0.1) is 0 Å². The zero-order valence-corrected chi connectivity index (χ0v) is 9.10. The quantitative estimate of drug-likeness (QED) is 0.523. The maximum Gasteiger partial charge on any atom is 0.202 e. The first-order valence-electron chi connectivity index (χ1n) is 4.50. The predicted molar refractivity (Wildman–Crippen MR) is 62.8 cm³/mol. The van der Waals surface area contributed by atoms with Gasteiger partial charge in [-0.3, -0.25) is 0 Å². The van der Waals surface area contributed by atoms with Crippen LogP contribution in [0.25, 0.3) is 11.0 Å². The number of anilines is 1. The van der Waals surface area contributed by atoms with E-state index < -0.39 is 0 Å². The normalized spacial score (nSPS) is 11.9. The summed E-state index contributed by atoms with van der Waals surface area (Å²) in [4.78, 5) is 7.29. The zero-order chi connectivity index (χ0) is 10.2. The second-order valence-corrected chi connectivity index (χ2v) is 4.90. The molecule has 0 unspecified atom stereocenters. The SMILES string of the molecule is CC(C)(S)Nc1nc2ccccc2[nH]1. The minimum atomic E-state index is -0.270. The van der Waals surface area contributed by atoms with Crippen molar-refractivity contribution in [1.82, 2.24) is 9.97 Å². The topological polar surface area (TPSA) is 40.7 Å². The Morgan fingerprint density at radius 2 is 2.07 bits per heavy atom. The molecule has 0 fully saturated rings. The summed E-state index contributed by atoms with van der Waals surface area (Å²) >= 11 is 4.38. The molecule has 0 saturated heterocycles. The largest absolute Gasteiger partial charge is 0.342 e. The summed E-state index contributed by atoms with van der Waals surface area (Å²) in [7, 11) is 0. The van der Waals surface area contributed by atoms with E-state index in [1.165, 1.54) is 0 Å². The van der Waals surface area contributed by atoms with Crippen molar-refractivity contribution in [2.45, 2.75) is 18.7 Å². The molecule has 0 radical (unpaired) electrons. The van der Waals surface area contributed by atoms with Crippen LogP contribution in [-0.2, 0) is 0 Å². The van der Waals surface area contributed by atoms with Crippen LogP contribution in [-0.4, -0.2) is 14.8 Å². The third-order valence-electron chi connectivity index (χ3n) is 1.81. The number of rotatable bonds is 2. The maximum absolute atomic E-state index is 4.38. The number of hydrogen-bond acceptors (Lipinski definition) is 3. The highest BCUT2D eigenvalue weighted by molar-refractivity contribution is 7.81. The molecule has 0 amide bonds. The van der Waals surface area contributed by atoms with Crippen LogP contribution in [0.5, 0.6) is 0 Å². The van der Waals surface area contributed by atoms with E-state index in [1.807, 2.05) is 38.1 Å². The number of imidazole rings is 1. The van der Waals surface area contributed by atoms with Gasteiger partial charge < -0.3 is 10.3 Å². The van der Waals surface area contributed by atoms with Gasteiger partial charge in [0.2, 0.25) is 5.95 Å². The van der Waals surface area contributed by atoms with Gasteiger partial charge in [-0.25, -0.2) is 4.98 Å². The Bertz CT molecular complexity index is 409. The van der Waals surface area contributed by atoms with Crippen molar-refractivity contribution in [3.8, 4) is 0 Å². The van der Waals surface area contributed by atoms with Crippen molar-refractivity contribution in [2.75, 3.05) is 5.32 Å². The Morgan fingerprint density at radius 3 is 2.71 bits per heavy atom. The molecule has 74 valence electrons. The highest BCUT2D eigenvalue weighted by atomic mass is 32.1. The molecule has 0 saturated carbocycles. The van der Waals surface area contributed by atoms with Gasteiger partial charge >= 0.3 is 0 Å². The number of aromatic amines is 1. The average Bonchev–Trinajstić information content (AvgIpc) is 2.42. The lowest BCUT2D eigenvalue weighted by atomic mass is 10.3. The zero-order valence-electron chi connectivity index (χ0n) is 8.20. The Balaban J connectivity index is 2.36. The molecule has 0 aliphatic rings. The number of fused-ring (bicyclic) bond motifs is 1. The van der Waals surface area contributed by atoms with Gasteiger partial charge in [-0.05, 0) is 26.0 Å². The van der Waals surface area contributed by atoms with Crippen molar-refractivity contribution >= 4 is 29.6 Å². The smallest absolute Gasteiger partial charge is 0.202 e. The average molecular weight is 207 g/mol. The molecule has 0 aliphatic heterocycles. The minimum Gasteiger partial charge on any atom is -0.342 e. The number of thiol groups is 1. The lowest BCUT2D eigenvalue weighted by Crippen LogP contribution is -2.23. The summed E-state index contributed by atoms with van der Waals surface area (Å²) in [5.41, 5.74) is 2.00. The first-order valence-corrected chi connectivity index (χ1v) is 4.95. The summed E-state index contributed by atoms with van der Waals surface area (Å²) in [6.45, 7) is 3.95. The molecule has 1 aromatic carbocycles. The van der Waals surface area contributed by atoms with Gasteiger partial charge in [0.15, 0.2) is 0 Å². The number of hydrogen-bond donors (Lipinski definition) is 3. The number of H-pyrrole nitrogens is 1. The van der Waals surface area contributed by atoms with E-state index in [1.54, 1.807) is 0 Å². The predicted octanol–water partition coefficient (Wildman–Crippen LogP) is 2.64. The highest BCUT2D eigenvalue weighted by Gasteiger charge is 2.12. The van der Waals surface area contributed by atoms with E-state index in [4.69, 9.17) is 0 Å². The standard InChI is InChI=1S/C10H13N3S/c1-10(2,14)13-9-11-7-5-3-4-6-8(7)12-9/h3-6,14H,1-2H3,(H2,11,12,13). The number of nitrogens with zero attached hydrogens (tertiary/aromatic N) is 1. The Morgan fingerprint density at radius 1 is 1.36 bits per heavy atom. The van der Waals surface area contributed by atoms with E-state index in [-0.39, 0.29) is 4.87 Å². The van der Waals surface area contributed by atoms with Gasteiger partial charge in [0, 0.05) is 0 Å². The third kappa shape index (κ3) is 2.01. The van der Waals surface area contributed by atoms with E-state index in [2.05, 4.69) is 27.9 Å². The first-order chi connectivity index (χ1) is 6.54. The molecule has 1 aromatic heterocycles. The fourth-order valence-electron chi connectivity index (χ4n) is 1.30. The monoisotopic (exact) mass is 207 g/mol. The van der Waals surface area contributed by atoms with Crippen LogP contribution in [0.15, 0.2) is 24.3 Å². The molecule has 0 aliphatic carbocycles. The molecule has 2 N–H and O–H groups in total. The van der Waals surface area contributed by atoms with E-state index in [9.17, 15) is 0 Å². The molecule has 0 atom stereocenters. The van der Waals surface area contributed by atoms with Gasteiger partial charge in [0.25, 0.3) is 0 Å². The van der Waals surface area contributed by atoms with Gasteiger partial charge in [-0.1, -0.05) is 12.1 Å². The van der Waals surface area contributed by atoms with Crippen LogP contribution in [0.3, 0.4) is 0 Å². The lowest BCUT2D eigenvalue weighted by Gasteiger charge is -2.18. The molecular weight excluding hydrogens is 194 g/mol. The van der Waals surface area contributed by atoms with Gasteiger partial charge in [0.05, 0.1) is 15.9 Å². The Kier molecular flexibility index (Phi) is 2.15. The maximum atomic E-state index is 4.38. The fourth-order valence-corrected chi connectivity index (χ4v) is 1.41. The molecule has 3 nitrogen and oxygen atoms in total. The third-order valence-corrected chi connectivity index (χ3v) is 1.93. The van der Waals surface area contributed by atoms with Crippen LogP contribution in [0.2, 0.25) is 0 Å². The molecule has 14 heavy (non-hydrogen) atoms. The first kappa shape index (κ1) is 9.40. The summed E-state index contributed by atoms with van der Waals surface area (Å²) in [5, 5.41) is 3.17. The minimum absolute atomic E-state index is 0.270. The van der Waals surface area contributed by atoms with Crippen molar-refractivity contribution in [1.29, 1.82) is 0 Å². The summed E-state index contributed by atoms with van der Waals surface area (Å²) < 4.78 is 0. The van der Waals surface area contributed by atoms with Crippen molar-refractivity contribution in [2.24, 2.45) is 0 Å². The van der Waals surface area contributed by atoms with Crippen LogP contribution in [0.4, 0.5) is 5.95 Å². The molecule has 2 rings (SSSR count). The van der Waals surface area contributed by atoms with Crippen molar-refractivity contribution in [3.63, 3.8) is 0 Å². The summed E-state index contributed by atoms with van der Waals surface area (Å²) in [6.07, 6.45) is 0. The fraction of sp³-hybridized carbons (Fsp3) is 0.300. The number of nitrogens with one attached hydrogen (secondary N) is 2. The Hall–Kier alpha value is -1.16. The number of para-hydroxylation sites is 2. The van der Waals surface area contributed by atoms with E-state index in [0.717, 1.165) is 17.0 Å². The Labute approximate surface area is 88.3 Å². The van der Waals surface area contributed by atoms with Crippen molar-refractivity contribution < 1.29 is 0 Å². The molecule has 4 heteroatoms. The van der Waals surface area contributed by atoms with E-state index in [0.29, 0.717) is 0 Å². The molecule has 1 heterocycles. The van der Waals surface area contributed by atoms with Gasteiger partial charge in [0.1, 0.15) is 0 Å². The molecule has 2 aromatic rings. The molecule has 0 bridgehead atoms. The van der Waals surface area contributed by atoms with Crippen molar-refractivity contribution in [3.05, 3.63) is 24.3 Å². The summed E-state index contributed by atoms with van der Waals surface area (Å²) in [6, 6.07) is 7.93. The van der Waals surface area contributed by atoms with Gasteiger partial charge in [-0.15, -0.1) is 0 Å². The highest BCUT2D eigenvalue weighted by Crippen LogP contribution is 2.18. The number of aromatic nitrogens is 2. The summed E-state index contributed by atoms with van der Waals surface area (Å²) in [5.74, 6) is 0.756. The second-order valence-electron chi connectivity index (χ2n) is 3.79. The van der Waals surface area contributed by atoms with Crippen LogP contribution in [0.1, 0.15) is 13.8 Å². The number of benzene rings is 1. The molecular formula is C10H13N3S. The second kappa shape index (κ2) is 3.20.